The molecule has 0 bridgehead atoms. The maximum Gasteiger partial charge on any atom is 0.416 e. The summed E-state index contributed by atoms with van der Waals surface area (Å²) in [6.45, 7) is 2.08. The second-order valence-electron chi connectivity index (χ2n) is 5.98. The lowest BCUT2D eigenvalue weighted by Gasteiger charge is -2.38. The summed E-state index contributed by atoms with van der Waals surface area (Å²) >= 11 is 0. The van der Waals surface area contributed by atoms with Crippen molar-refractivity contribution in [2.45, 2.75) is 51.4 Å². The Morgan fingerprint density at radius 3 is 2.48 bits per heavy atom. The number of alkyl halides is 3. The Hall–Kier alpha value is -1.23. The highest BCUT2D eigenvalue weighted by atomic mass is 19.4. The third-order valence-electron chi connectivity index (χ3n) is 4.59. The van der Waals surface area contributed by atoms with E-state index in [4.69, 9.17) is 5.73 Å². The molecule has 0 amide bonds. The Bertz CT molecular complexity index is 485. The van der Waals surface area contributed by atoms with Gasteiger partial charge >= 0.3 is 6.18 Å². The number of benzene rings is 1. The van der Waals surface area contributed by atoms with Gasteiger partial charge in [0.1, 0.15) is 0 Å². The minimum atomic E-state index is -4.36. The van der Waals surface area contributed by atoms with E-state index >= 15 is 0 Å². The van der Waals surface area contributed by atoms with Crippen LogP contribution in [0.3, 0.4) is 0 Å². The van der Waals surface area contributed by atoms with Crippen LogP contribution in [0.25, 0.3) is 0 Å². The van der Waals surface area contributed by atoms with E-state index in [0.717, 1.165) is 19.3 Å². The molecule has 0 aliphatic heterocycles. The Kier molecular flexibility index (Phi) is 4.81. The van der Waals surface area contributed by atoms with Gasteiger partial charge in [-0.25, -0.2) is 0 Å². The van der Waals surface area contributed by atoms with Gasteiger partial charge in [-0.2, -0.15) is 13.2 Å². The van der Waals surface area contributed by atoms with Crippen molar-refractivity contribution in [2.24, 2.45) is 11.7 Å². The first kappa shape index (κ1) is 16.1. The molecule has 118 valence electrons. The molecule has 2 nitrogen and oxygen atoms in total. The summed E-state index contributed by atoms with van der Waals surface area (Å²) in [5.41, 5.74) is 5.58. The van der Waals surface area contributed by atoms with Crippen molar-refractivity contribution in [3.05, 3.63) is 29.3 Å². The van der Waals surface area contributed by atoms with Gasteiger partial charge in [-0.15, -0.1) is 0 Å². The Balaban J connectivity index is 2.31. The quantitative estimate of drug-likeness (QED) is 0.907. The van der Waals surface area contributed by atoms with Gasteiger partial charge in [0, 0.05) is 25.3 Å². The molecule has 2 rings (SSSR count). The maximum atomic E-state index is 13.1. The number of anilines is 1. The second-order valence-corrected chi connectivity index (χ2v) is 5.98. The topological polar surface area (TPSA) is 29.3 Å². The molecule has 2 atom stereocenters. The first-order valence-corrected chi connectivity index (χ1v) is 7.47. The van der Waals surface area contributed by atoms with E-state index in [-0.39, 0.29) is 12.1 Å². The standard InChI is InChI=1S/C16H23F3N2/c1-11-5-3-4-6-15(11)21(2)13-8-7-12(10-20)14(9-13)16(17,18)19/h7-9,11,15H,3-6,10,20H2,1-2H3. The van der Waals surface area contributed by atoms with Gasteiger partial charge < -0.3 is 10.6 Å². The number of halogens is 3. The van der Waals surface area contributed by atoms with E-state index in [2.05, 4.69) is 6.92 Å². The third kappa shape index (κ3) is 3.51. The minimum Gasteiger partial charge on any atom is -0.371 e. The lowest BCUT2D eigenvalue weighted by atomic mass is 9.85. The molecule has 2 N–H and O–H groups in total. The highest BCUT2D eigenvalue weighted by Crippen LogP contribution is 2.36. The second kappa shape index (κ2) is 6.26. The minimum absolute atomic E-state index is 0.0985. The summed E-state index contributed by atoms with van der Waals surface area (Å²) in [5.74, 6) is 0.507. The van der Waals surface area contributed by atoms with E-state index in [1.165, 1.54) is 18.6 Å². The number of hydrogen-bond acceptors (Lipinski definition) is 2. The van der Waals surface area contributed by atoms with Gasteiger partial charge in [0.25, 0.3) is 0 Å². The first-order valence-electron chi connectivity index (χ1n) is 7.47. The first-order chi connectivity index (χ1) is 9.84. The number of nitrogens with zero attached hydrogens (tertiary/aromatic N) is 1. The lowest BCUT2D eigenvalue weighted by Crippen LogP contribution is -2.39. The zero-order valence-electron chi connectivity index (χ0n) is 12.6. The molecular formula is C16H23F3N2. The number of rotatable bonds is 3. The normalized spacial score (nSPS) is 23.1. The Morgan fingerprint density at radius 1 is 1.24 bits per heavy atom. The van der Waals surface area contributed by atoms with Gasteiger partial charge in [0.2, 0.25) is 0 Å². The molecule has 1 saturated carbocycles. The molecule has 1 aromatic rings. The van der Waals surface area contributed by atoms with Crippen LogP contribution in [0.1, 0.15) is 43.7 Å². The summed E-state index contributed by atoms with van der Waals surface area (Å²) in [6, 6.07) is 4.80. The lowest BCUT2D eigenvalue weighted by molar-refractivity contribution is -0.138. The predicted octanol–water partition coefficient (Wildman–Crippen LogP) is 4.18. The van der Waals surface area contributed by atoms with Crippen LogP contribution in [-0.4, -0.2) is 13.1 Å². The van der Waals surface area contributed by atoms with E-state index in [9.17, 15) is 13.2 Å². The fourth-order valence-corrected chi connectivity index (χ4v) is 3.29. The van der Waals surface area contributed by atoms with Crippen molar-refractivity contribution >= 4 is 5.69 Å². The van der Waals surface area contributed by atoms with Gasteiger partial charge in [-0.3, -0.25) is 0 Å². The molecule has 0 aromatic heterocycles. The van der Waals surface area contributed by atoms with Crippen molar-refractivity contribution < 1.29 is 13.2 Å². The van der Waals surface area contributed by atoms with Gasteiger partial charge in [0.05, 0.1) is 5.56 Å². The highest BCUT2D eigenvalue weighted by Gasteiger charge is 2.34. The SMILES string of the molecule is CC1CCCCC1N(C)c1ccc(CN)c(C(F)(F)F)c1. The van der Waals surface area contributed by atoms with Crippen molar-refractivity contribution in [3.63, 3.8) is 0 Å². The zero-order valence-corrected chi connectivity index (χ0v) is 12.6. The van der Waals surface area contributed by atoms with Gasteiger partial charge in [-0.05, 0) is 36.5 Å². The summed E-state index contributed by atoms with van der Waals surface area (Å²) < 4.78 is 39.4. The van der Waals surface area contributed by atoms with Crippen molar-refractivity contribution in [2.75, 3.05) is 11.9 Å². The molecule has 1 aromatic carbocycles. The van der Waals surface area contributed by atoms with E-state index in [1.807, 2.05) is 11.9 Å². The monoisotopic (exact) mass is 300 g/mol. The molecule has 0 saturated heterocycles. The van der Waals surface area contributed by atoms with Crippen LogP contribution < -0.4 is 10.6 Å². The molecule has 1 fully saturated rings. The molecule has 21 heavy (non-hydrogen) atoms. The summed E-state index contributed by atoms with van der Waals surface area (Å²) in [7, 11) is 1.89. The fraction of sp³-hybridized carbons (Fsp3) is 0.625. The molecule has 1 aliphatic carbocycles. The highest BCUT2D eigenvalue weighted by molar-refractivity contribution is 5.52. The molecule has 0 radical (unpaired) electrons. The molecule has 0 heterocycles. The van der Waals surface area contributed by atoms with Gasteiger partial charge in [0.15, 0.2) is 0 Å². The van der Waals surface area contributed by atoms with Crippen LogP contribution in [-0.2, 0) is 12.7 Å². The molecule has 5 heteroatoms. The molecule has 0 spiro atoms. The van der Waals surface area contributed by atoms with Crippen molar-refractivity contribution in [1.82, 2.24) is 0 Å². The summed E-state index contributed by atoms with van der Waals surface area (Å²) in [6.07, 6.45) is 0.182. The van der Waals surface area contributed by atoms with Crippen LogP contribution in [0.5, 0.6) is 0 Å². The van der Waals surface area contributed by atoms with Crippen molar-refractivity contribution in [3.8, 4) is 0 Å². The molecular weight excluding hydrogens is 277 g/mol. The van der Waals surface area contributed by atoms with Crippen molar-refractivity contribution in [1.29, 1.82) is 0 Å². The van der Waals surface area contributed by atoms with Gasteiger partial charge in [-0.1, -0.05) is 25.8 Å². The van der Waals surface area contributed by atoms with E-state index in [1.54, 1.807) is 6.07 Å². The third-order valence-corrected chi connectivity index (χ3v) is 4.59. The average Bonchev–Trinajstić information content (AvgIpc) is 2.45. The van der Waals surface area contributed by atoms with Crippen LogP contribution >= 0.6 is 0 Å². The number of hydrogen-bond donors (Lipinski definition) is 1. The average molecular weight is 300 g/mol. The Labute approximate surface area is 124 Å². The van der Waals surface area contributed by atoms with Crippen LogP contribution in [0.2, 0.25) is 0 Å². The summed E-state index contributed by atoms with van der Waals surface area (Å²) in [5, 5.41) is 0. The molecule has 2 unspecified atom stereocenters. The smallest absolute Gasteiger partial charge is 0.371 e. The Morgan fingerprint density at radius 2 is 1.90 bits per heavy atom. The summed E-state index contributed by atoms with van der Waals surface area (Å²) in [4.78, 5) is 2.00. The van der Waals surface area contributed by atoms with E-state index < -0.39 is 11.7 Å². The van der Waals surface area contributed by atoms with E-state index in [0.29, 0.717) is 17.6 Å². The van der Waals surface area contributed by atoms with Crippen LogP contribution in [0, 0.1) is 5.92 Å². The largest absolute Gasteiger partial charge is 0.416 e. The molecule has 1 aliphatic rings. The zero-order chi connectivity index (χ0) is 15.6. The predicted molar refractivity (Wildman–Crippen MR) is 79.2 cm³/mol. The number of nitrogens with two attached hydrogens (primary N) is 1. The van der Waals surface area contributed by atoms with Crippen LogP contribution in [0.15, 0.2) is 18.2 Å². The fourth-order valence-electron chi connectivity index (χ4n) is 3.29. The maximum absolute atomic E-state index is 13.1. The van der Waals surface area contributed by atoms with Crippen LogP contribution in [0.4, 0.5) is 18.9 Å².